The molecule has 0 fully saturated rings. The Morgan fingerprint density at radius 2 is 2.00 bits per heavy atom. The van der Waals surface area contributed by atoms with E-state index in [9.17, 15) is 18.4 Å². The summed E-state index contributed by atoms with van der Waals surface area (Å²) in [5.74, 6) is -2.00. The first-order valence-electron chi connectivity index (χ1n) is 9.52. The topological polar surface area (TPSA) is 114 Å². The number of nitrogens with one attached hydrogen (secondary N) is 3. The third-order valence-corrected chi connectivity index (χ3v) is 5.22. The van der Waals surface area contributed by atoms with E-state index in [0.29, 0.717) is 0 Å². The number of hydrogen-bond acceptors (Lipinski definition) is 7. The maximum absolute atomic E-state index is 14.8. The number of amides is 1. The van der Waals surface area contributed by atoms with Crippen LogP contribution in [0.15, 0.2) is 41.5 Å². The van der Waals surface area contributed by atoms with Gasteiger partial charge in [-0.2, -0.15) is 0 Å². The quantitative estimate of drug-likeness (QED) is 0.382. The summed E-state index contributed by atoms with van der Waals surface area (Å²) in [5, 5.41) is 2.80. The average Bonchev–Trinajstić information content (AvgIpc) is 2.75. The van der Waals surface area contributed by atoms with Crippen molar-refractivity contribution in [2.24, 2.45) is 5.73 Å². The van der Waals surface area contributed by atoms with Crippen LogP contribution >= 0.6 is 12.1 Å². The molecule has 0 saturated carbocycles. The maximum atomic E-state index is 14.8. The largest absolute Gasteiger partial charge is 0.365 e. The van der Waals surface area contributed by atoms with Crippen LogP contribution in [0.5, 0.6) is 0 Å². The van der Waals surface area contributed by atoms with E-state index in [0.717, 1.165) is 17.7 Å². The smallest absolute Gasteiger partial charge is 0.255 e. The Kier molecular flexibility index (Phi) is 7.11. The van der Waals surface area contributed by atoms with Gasteiger partial charge in [0, 0.05) is 35.7 Å². The van der Waals surface area contributed by atoms with Gasteiger partial charge in [-0.1, -0.05) is 6.07 Å². The molecule has 11 heteroatoms. The summed E-state index contributed by atoms with van der Waals surface area (Å²) in [6.45, 7) is 3.07. The number of carbonyl (C=O) groups is 1. The van der Waals surface area contributed by atoms with Crippen molar-refractivity contribution >= 4 is 35.2 Å². The molecule has 3 aromatic rings. The third-order valence-electron chi connectivity index (χ3n) is 4.72. The molecule has 0 aliphatic carbocycles. The second-order valence-corrected chi connectivity index (χ2v) is 7.81. The predicted octanol–water partition coefficient (Wildman–Crippen LogP) is 3.22. The number of aromatic nitrogens is 2. The normalized spacial score (nSPS) is 10.8. The lowest BCUT2D eigenvalue weighted by atomic mass is 10.1. The number of halogens is 2. The Bertz CT molecular complexity index is 1230. The molecule has 3 rings (SSSR count). The van der Waals surface area contributed by atoms with Crippen molar-refractivity contribution in [2.75, 3.05) is 17.1 Å². The van der Waals surface area contributed by atoms with Gasteiger partial charge < -0.3 is 15.6 Å². The van der Waals surface area contributed by atoms with Gasteiger partial charge >= 0.3 is 0 Å². The molecule has 0 radical (unpaired) electrons. The Hall–Kier alpha value is -3.44. The summed E-state index contributed by atoms with van der Waals surface area (Å²) in [6.07, 6.45) is 2.64. The first-order valence-corrected chi connectivity index (χ1v) is 10.3. The van der Waals surface area contributed by atoms with E-state index in [1.807, 2.05) is 0 Å². The van der Waals surface area contributed by atoms with Gasteiger partial charge in [0.15, 0.2) is 11.6 Å². The number of pyridine rings is 2. The molecule has 0 aliphatic rings. The first-order chi connectivity index (χ1) is 15.2. The minimum absolute atomic E-state index is 0.00474. The van der Waals surface area contributed by atoms with Crippen LogP contribution in [0.3, 0.4) is 0 Å². The molecule has 0 aliphatic heterocycles. The average molecular weight is 461 g/mol. The van der Waals surface area contributed by atoms with E-state index in [-0.39, 0.29) is 40.4 Å². The molecule has 1 aromatic carbocycles. The number of nitrogens with zero attached hydrogens (tertiary/aromatic N) is 2. The molecule has 0 spiro atoms. The highest BCUT2D eigenvalue weighted by molar-refractivity contribution is 7.98. The van der Waals surface area contributed by atoms with Crippen LogP contribution < -0.4 is 26.1 Å². The fraction of sp³-hybridized carbons (Fsp3) is 0.190. The van der Waals surface area contributed by atoms with Crippen molar-refractivity contribution in [1.29, 1.82) is 0 Å². The van der Waals surface area contributed by atoms with E-state index < -0.39 is 23.1 Å². The monoisotopic (exact) mass is 460 g/mol. The molecule has 32 heavy (non-hydrogen) atoms. The lowest BCUT2D eigenvalue weighted by Gasteiger charge is -2.17. The molecule has 0 unspecified atom stereocenters. The van der Waals surface area contributed by atoms with Gasteiger partial charge in [-0.3, -0.25) is 14.3 Å². The van der Waals surface area contributed by atoms with Crippen molar-refractivity contribution < 1.29 is 13.6 Å². The maximum Gasteiger partial charge on any atom is 0.255 e. The highest BCUT2D eigenvalue weighted by atomic mass is 32.2. The lowest BCUT2D eigenvalue weighted by Crippen LogP contribution is -2.28. The molecule has 0 bridgehead atoms. The fourth-order valence-electron chi connectivity index (χ4n) is 3.08. The molecule has 2 heterocycles. The Morgan fingerprint density at radius 3 is 2.66 bits per heavy atom. The SMILES string of the molecule is CNSNc1nccc(Cn2cc(C(N)=O)c(Nc3ccc(C)cc3F)c(C)c2=O)c1F. The highest BCUT2D eigenvalue weighted by Gasteiger charge is 2.19. The number of carbonyl (C=O) groups excluding carboxylic acids is 1. The Labute approximate surface area is 187 Å². The van der Waals surface area contributed by atoms with Crippen molar-refractivity contribution in [2.45, 2.75) is 20.4 Å². The van der Waals surface area contributed by atoms with Crippen LogP contribution in [0.4, 0.5) is 26.0 Å². The van der Waals surface area contributed by atoms with E-state index in [2.05, 4.69) is 19.7 Å². The lowest BCUT2D eigenvalue weighted by molar-refractivity contribution is 0.1000. The van der Waals surface area contributed by atoms with Gasteiger partial charge in [0.2, 0.25) is 0 Å². The van der Waals surface area contributed by atoms with Gasteiger partial charge in [0.25, 0.3) is 11.5 Å². The van der Waals surface area contributed by atoms with Crippen molar-refractivity contribution in [3.63, 3.8) is 0 Å². The number of anilines is 3. The highest BCUT2D eigenvalue weighted by Crippen LogP contribution is 2.26. The predicted molar refractivity (Wildman–Crippen MR) is 122 cm³/mol. The van der Waals surface area contributed by atoms with Crippen LogP contribution in [0.2, 0.25) is 0 Å². The van der Waals surface area contributed by atoms with Crippen LogP contribution in [0.25, 0.3) is 0 Å². The van der Waals surface area contributed by atoms with E-state index >= 15 is 0 Å². The van der Waals surface area contributed by atoms with Crippen LogP contribution in [0, 0.1) is 25.5 Å². The molecule has 0 saturated heterocycles. The zero-order valence-electron chi connectivity index (χ0n) is 17.6. The van der Waals surface area contributed by atoms with Crippen LogP contribution in [-0.4, -0.2) is 22.5 Å². The molecule has 5 N–H and O–H groups in total. The summed E-state index contributed by atoms with van der Waals surface area (Å²) < 4.78 is 35.7. The molecule has 0 atom stereocenters. The summed E-state index contributed by atoms with van der Waals surface area (Å²) in [5.41, 5.74) is 6.25. The van der Waals surface area contributed by atoms with Gasteiger partial charge in [0.1, 0.15) is 5.82 Å². The summed E-state index contributed by atoms with van der Waals surface area (Å²) in [4.78, 5) is 29.0. The zero-order valence-corrected chi connectivity index (χ0v) is 18.4. The van der Waals surface area contributed by atoms with E-state index in [1.54, 1.807) is 20.0 Å². The molecular formula is C21H22F2N6O2S. The molecule has 2 aromatic heterocycles. The molecule has 1 amide bonds. The summed E-state index contributed by atoms with van der Waals surface area (Å²) in [7, 11) is 1.66. The number of benzene rings is 1. The number of aryl methyl sites for hydroxylation is 1. The number of nitrogens with two attached hydrogens (primary N) is 1. The van der Waals surface area contributed by atoms with Crippen molar-refractivity contribution in [3.05, 3.63) is 80.9 Å². The van der Waals surface area contributed by atoms with Gasteiger partial charge in [0.05, 0.1) is 23.5 Å². The second kappa shape index (κ2) is 9.79. The van der Waals surface area contributed by atoms with E-state index in [1.165, 1.54) is 42.1 Å². The fourth-order valence-corrected chi connectivity index (χ4v) is 3.43. The third kappa shape index (κ3) is 4.89. The number of primary amides is 1. The molecule has 168 valence electrons. The van der Waals surface area contributed by atoms with Gasteiger partial charge in [-0.25, -0.2) is 18.5 Å². The molecular weight excluding hydrogens is 438 g/mol. The van der Waals surface area contributed by atoms with Gasteiger partial charge in [-0.15, -0.1) is 0 Å². The Morgan fingerprint density at radius 1 is 1.25 bits per heavy atom. The molecule has 8 nitrogen and oxygen atoms in total. The van der Waals surface area contributed by atoms with Crippen molar-refractivity contribution in [1.82, 2.24) is 14.3 Å². The minimum Gasteiger partial charge on any atom is -0.365 e. The second-order valence-electron chi connectivity index (χ2n) is 6.99. The summed E-state index contributed by atoms with van der Waals surface area (Å²) in [6, 6.07) is 5.96. The Balaban J connectivity index is 2.03. The zero-order chi connectivity index (χ0) is 23.4. The van der Waals surface area contributed by atoms with Crippen LogP contribution in [0.1, 0.15) is 27.0 Å². The standard InChI is InChI=1S/C21H22F2N6O2S/c1-11-4-5-16(15(22)8-11)27-18-12(2)21(31)29(10-14(18)19(24)30)9-13-6-7-26-20(17(13)23)28-32-25-3/h4-8,10,25,27H,9H2,1-3H3,(H2,24,30)(H,26,28). The van der Waals surface area contributed by atoms with Crippen LogP contribution in [-0.2, 0) is 6.54 Å². The minimum atomic E-state index is -0.820. The van der Waals surface area contributed by atoms with Crippen molar-refractivity contribution in [3.8, 4) is 0 Å². The number of hydrogen-bond donors (Lipinski definition) is 4. The summed E-state index contributed by atoms with van der Waals surface area (Å²) >= 11 is 1.04. The number of rotatable bonds is 8. The van der Waals surface area contributed by atoms with Gasteiger partial charge in [-0.05, 0) is 44.7 Å². The first kappa shape index (κ1) is 23.2. The van der Waals surface area contributed by atoms with E-state index in [4.69, 9.17) is 5.73 Å².